The highest BCUT2D eigenvalue weighted by atomic mass is 16.5. The lowest BCUT2D eigenvalue weighted by Gasteiger charge is -2.07. The van der Waals surface area contributed by atoms with Crippen molar-refractivity contribution in [1.82, 2.24) is 4.98 Å². The Bertz CT molecular complexity index is 797. The molecule has 0 saturated carbocycles. The van der Waals surface area contributed by atoms with Crippen molar-refractivity contribution in [3.8, 4) is 11.6 Å². The summed E-state index contributed by atoms with van der Waals surface area (Å²) in [7, 11) is 1.53. The van der Waals surface area contributed by atoms with Crippen LogP contribution in [-0.2, 0) is 6.61 Å². The van der Waals surface area contributed by atoms with E-state index in [1.807, 2.05) is 30.3 Å². The molecule has 1 aromatic carbocycles. The van der Waals surface area contributed by atoms with Crippen molar-refractivity contribution in [2.75, 3.05) is 12.4 Å². The summed E-state index contributed by atoms with van der Waals surface area (Å²) in [4.78, 5) is 16.4. The maximum Gasteiger partial charge on any atom is 0.291 e. The Kier molecular flexibility index (Phi) is 4.76. The lowest BCUT2D eigenvalue weighted by molar-refractivity contribution is 0.0993. The van der Waals surface area contributed by atoms with Crippen molar-refractivity contribution in [3.63, 3.8) is 0 Å². The van der Waals surface area contributed by atoms with Gasteiger partial charge < -0.3 is 19.2 Å². The molecule has 2 heterocycles. The summed E-state index contributed by atoms with van der Waals surface area (Å²) in [6.07, 6.45) is 2.98. The van der Waals surface area contributed by atoms with Crippen LogP contribution < -0.4 is 14.8 Å². The van der Waals surface area contributed by atoms with Crippen LogP contribution in [0.15, 0.2) is 65.4 Å². The summed E-state index contributed by atoms with van der Waals surface area (Å²) in [6.45, 7) is 0.240. The van der Waals surface area contributed by atoms with Crippen LogP contribution >= 0.6 is 0 Å². The number of carbonyl (C=O) groups excluding carboxylic acids is 1. The van der Waals surface area contributed by atoms with Crippen LogP contribution in [0.25, 0.3) is 0 Å². The number of pyridine rings is 1. The number of para-hydroxylation sites is 1. The lowest BCUT2D eigenvalue weighted by atomic mass is 10.2. The number of carbonyl (C=O) groups is 1. The number of amides is 1. The Morgan fingerprint density at radius 1 is 1.17 bits per heavy atom. The molecule has 0 radical (unpaired) electrons. The largest absolute Gasteiger partial charge is 0.489 e. The summed E-state index contributed by atoms with van der Waals surface area (Å²) in [5.41, 5.74) is 1.21. The number of aromatic nitrogens is 1. The van der Waals surface area contributed by atoms with Crippen LogP contribution in [-0.4, -0.2) is 18.0 Å². The van der Waals surface area contributed by atoms with Crippen molar-refractivity contribution in [1.29, 1.82) is 0 Å². The van der Waals surface area contributed by atoms with E-state index < -0.39 is 0 Å². The minimum absolute atomic E-state index is 0.210. The van der Waals surface area contributed by atoms with Crippen molar-refractivity contribution >= 4 is 11.6 Å². The average Bonchev–Trinajstić information content (AvgIpc) is 3.10. The third-order valence-electron chi connectivity index (χ3n) is 3.29. The molecule has 6 heteroatoms. The number of nitrogens with zero attached hydrogens (tertiary/aromatic N) is 1. The zero-order chi connectivity index (χ0) is 16.8. The number of hydrogen-bond acceptors (Lipinski definition) is 5. The van der Waals surface area contributed by atoms with E-state index in [9.17, 15) is 4.79 Å². The fraction of sp³-hybridized carbons (Fsp3) is 0.111. The molecule has 0 fully saturated rings. The third kappa shape index (κ3) is 3.73. The first-order valence-electron chi connectivity index (χ1n) is 7.32. The van der Waals surface area contributed by atoms with Crippen molar-refractivity contribution in [2.24, 2.45) is 0 Å². The first-order chi connectivity index (χ1) is 11.8. The predicted molar refractivity (Wildman–Crippen MR) is 88.2 cm³/mol. The molecule has 0 aliphatic carbocycles. The number of rotatable bonds is 6. The average molecular weight is 324 g/mol. The number of furan rings is 1. The Morgan fingerprint density at radius 3 is 2.71 bits per heavy atom. The predicted octanol–water partition coefficient (Wildman–Crippen LogP) is 3.51. The maximum absolute atomic E-state index is 12.3. The Morgan fingerprint density at radius 2 is 2.00 bits per heavy atom. The number of hydrogen-bond donors (Lipinski definition) is 1. The molecule has 0 spiro atoms. The van der Waals surface area contributed by atoms with Crippen LogP contribution in [0.4, 0.5) is 5.69 Å². The number of ether oxygens (including phenoxy) is 2. The second-order valence-corrected chi connectivity index (χ2v) is 4.92. The summed E-state index contributed by atoms with van der Waals surface area (Å²) in [5.74, 6) is 1.05. The highest BCUT2D eigenvalue weighted by Crippen LogP contribution is 2.18. The fourth-order valence-corrected chi connectivity index (χ4v) is 2.09. The summed E-state index contributed by atoms with van der Waals surface area (Å²) < 4.78 is 15.9. The molecule has 0 saturated heterocycles. The van der Waals surface area contributed by atoms with Crippen LogP contribution in [0.5, 0.6) is 11.6 Å². The van der Waals surface area contributed by atoms with Crippen LogP contribution in [0.2, 0.25) is 0 Å². The highest BCUT2D eigenvalue weighted by Gasteiger charge is 2.16. The number of nitrogens with one attached hydrogen (secondary N) is 1. The molecule has 24 heavy (non-hydrogen) atoms. The van der Waals surface area contributed by atoms with Gasteiger partial charge in [-0.25, -0.2) is 4.98 Å². The zero-order valence-corrected chi connectivity index (χ0v) is 13.1. The van der Waals surface area contributed by atoms with Gasteiger partial charge in [-0.15, -0.1) is 0 Å². The van der Waals surface area contributed by atoms with E-state index in [-0.39, 0.29) is 18.3 Å². The molecule has 6 nitrogen and oxygen atoms in total. The smallest absolute Gasteiger partial charge is 0.291 e. The standard InChI is InChI=1S/C18H16N2O4/c1-22-16-8-7-14(11-19-16)20-18(21)17-13(9-10-23-17)12-24-15-5-3-2-4-6-15/h2-11H,12H2,1H3,(H,20,21). The van der Waals surface area contributed by atoms with Gasteiger partial charge in [0.1, 0.15) is 12.4 Å². The quantitative estimate of drug-likeness (QED) is 0.751. The minimum Gasteiger partial charge on any atom is -0.489 e. The molecule has 1 amide bonds. The molecule has 3 aromatic rings. The van der Waals surface area contributed by atoms with Gasteiger partial charge in [-0.05, 0) is 24.3 Å². The first-order valence-corrected chi connectivity index (χ1v) is 7.32. The van der Waals surface area contributed by atoms with E-state index in [2.05, 4.69) is 10.3 Å². The zero-order valence-electron chi connectivity index (χ0n) is 13.1. The molecular weight excluding hydrogens is 308 g/mol. The second-order valence-electron chi connectivity index (χ2n) is 4.92. The SMILES string of the molecule is COc1ccc(NC(=O)c2occc2COc2ccccc2)cn1. The van der Waals surface area contributed by atoms with E-state index in [1.54, 1.807) is 18.2 Å². The van der Waals surface area contributed by atoms with Crippen LogP contribution in [0.3, 0.4) is 0 Å². The summed E-state index contributed by atoms with van der Waals surface area (Å²) in [5, 5.41) is 2.73. The number of anilines is 1. The van der Waals surface area contributed by atoms with Crippen molar-refractivity contribution < 1.29 is 18.7 Å². The first kappa shape index (κ1) is 15.6. The van der Waals surface area contributed by atoms with Crippen molar-refractivity contribution in [3.05, 3.63) is 72.3 Å². The molecule has 3 rings (SSSR count). The number of benzene rings is 1. The molecule has 0 aliphatic heterocycles. The lowest BCUT2D eigenvalue weighted by Crippen LogP contribution is -2.14. The molecule has 122 valence electrons. The van der Waals surface area contributed by atoms with E-state index >= 15 is 0 Å². The van der Waals surface area contributed by atoms with Crippen LogP contribution in [0, 0.1) is 0 Å². The normalized spacial score (nSPS) is 10.2. The van der Waals surface area contributed by atoms with E-state index in [0.717, 1.165) is 5.75 Å². The van der Waals surface area contributed by atoms with Gasteiger partial charge in [0.25, 0.3) is 5.91 Å². The van der Waals surface area contributed by atoms with E-state index in [0.29, 0.717) is 17.1 Å². The molecule has 0 aliphatic rings. The minimum atomic E-state index is -0.362. The molecule has 0 bridgehead atoms. The molecule has 2 aromatic heterocycles. The number of methoxy groups -OCH3 is 1. The Hall–Kier alpha value is -3.28. The van der Waals surface area contributed by atoms with Gasteiger partial charge >= 0.3 is 0 Å². The van der Waals surface area contributed by atoms with Gasteiger partial charge in [-0.3, -0.25) is 4.79 Å². The molecule has 0 unspecified atom stereocenters. The van der Waals surface area contributed by atoms with E-state index in [1.165, 1.54) is 19.6 Å². The summed E-state index contributed by atoms with van der Waals surface area (Å²) in [6, 6.07) is 14.5. The van der Waals surface area contributed by atoms with Crippen LogP contribution in [0.1, 0.15) is 16.1 Å². The van der Waals surface area contributed by atoms with Gasteiger partial charge in [-0.1, -0.05) is 18.2 Å². The molecule has 0 atom stereocenters. The second kappa shape index (κ2) is 7.32. The van der Waals surface area contributed by atoms with E-state index in [4.69, 9.17) is 13.9 Å². The Labute approximate surface area is 139 Å². The Balaban J connectivity index is 1.66. The van der Waals surface area contributed by atoms with Gasteiger partial charge in [0, 0.05) is 11.6 Å². The molecule has 1 N–H and O–H groups in total. The van der Waals surface area contributed by atoms with Gasteiger partial charge in [0.05, 0.1) is 25.3 Å². The fourth-order valence-electron chi connectivity index (χ4n) is 2.09. The topological polar surface area (TPSA) is 73.6 Å². The summed E-state index contributed by atoms with van der Waals surface area (Å²) >= 11 is 0. The highest BCUT2D eigenvalue weighted by molar-refractivity contribution is 6.03. The van der Waals surface area contributed by atoms with Crippen molar-refractivity contribution in [2.45, 2.75) is 6.61 Å². The third-order valence-corrected chi connectivity index (χ3v) is 3.29. The molecular formula is C18H16N2O4. The van der Waals surface area contributed by atoms with Gasteiger partial charge in [0.2, 0.25) is 5.88 Å². The van der Waals surface area contributed by atoms with Gasteiger partial charge in [-0.2, -0.15) is 0 Å². The monoisotopic (exact) mass is 324 g/mol. The van der Waals surface area contributed by atoms with Gasteiger partial charge in [0.15, 0.2) is 5.76 Å². The maximum atomic E-state index is 12.3.